The summed E-state index contributed by atoms with van der Waals surface area (Å²) < 4.78 is 0. The van der Waals surface area contributed by atoms with Crippen LogP contribution in [0.5, 0.6) is 0 Å². The van der Waals surface area contributed by atoms with Gasteiger partial charge in [0.05, 0.1) is 0 Å². The van der Waals surface area contributed by atoms with Crippen LogP contribution in [0, 0.1) is 5.41 Å². The second-order valence-electron chi connectivity index (χ2n) is 7.54. The van der Waals surface area contributed by atoms with Gasteiger partial charge in [-0.3, -0.25) is 0 Å². The van der Waals surface area contributed by atoms with E-state index in [4.69, 9.17) is 0 Å². The minimum absolute atomic E-state index is 0. The lowest BCUT2D eigenvalue weighted by atomic mass is 9.82. The number of hydrogen-bond donors (Lipinski definition) is 1. The summed E-state index contributed by atoms with van der Waals surface area (Å²) in [6.45, 7) is 12.4. The fourth-order valence-electron chi connectivity index (χ4n) is 2.64. The van der Waals surface area contributed by atoms with E-state index in [2.05, 4.69) is 83.2 Å². The van der Waals surface area contributed by atoms with Crippen LogP contribution in [0.4, 0.5) is 5.69 Å². The molecule has 20 heavy (non-hydrogen) atoms. The third-order valence-electron chi connectivity index (χ3n) is 3.20. The Kier molecular flexibility index (Phi) is 7.06. The van der Waals surface area contributed by atoms with Gasteiger partial charge in [-0.25, -0.2) is 0 Å². The summed E-state index contributed by atoms with van der Waals surface area (Å²) in [7, 11) is 4.14. The molecule has 0 bridgehead atoms. The first-order valence-corrected chi connectivity index (χ1v) is 7.10. The molecule has 1 aromatic rings. The summed E-state index contributed by atoms with van der Waals surface area (Å²) in [6, 6.07) is 8.76. The van der Waals surface area contributed by atoms with Crippen LogP contribution in [0.3, 0.4) is 0 Å². The first-order valence-electron chi connectivity index (χ1n) is 7.10. The summed E-state index contributed by atoms with van der Waals surface area (Å²) in [5, 5.41) is 3.67. The average molecular weight is 299 g/mol. The number of nitrogens with zero attached hydrogens (tertiary/aromatic N) is 1. The Morgan fingerprint density at radius 1 is 0.950 bits per heavy atom. The van der Waals surface area contributed by atoms with Gasteiger partial charge in [-0.05, 0) is 43.4 Å². The van der Waals surface area contributed by atoms with E-state index in [-0.39, 0.29) is 17.9 Å². The van der Waals surface area contributed by atoms with Crippen LogP contribution in [-0.2, 0) is 6.54 Å². The van der Waals surface area contributed by atoms with Gasteiger partial charge in [0.15, 0.2) is 0 Å². The monoisotopic (exact) mass is 298 g/mol. The lowest BCUT2D eigenvalue weighted by molar-refractivity contribution is 0.241. The van der Waals surface area contributed by atoms with Gasteiger partial charge in [-0.1, -0.05) is 32.9 Å². The number of rotatable bonds is 5. The van der Waals surface area contributed by atoms with Crippen molar-refractivity contribution in [2.24, 2.45) is 5.41 Å². The van der Waals surface area contributed by atoms with E-state index in [0.29, 0.717) is 5.41 Å². The van der Waals surface area contributed by atoms with Gasteiger partial charge >= 0.3 is 0 Å². The molecule has 0 aromatic heterocycles. The van der Waals surface area contributed by atoms with Gasteiger partial charge in [0.1, 0.15) is 0 Å². The van der Waals surface area contributed by atoms with Crippen LogP contribution in [0.15, 0.2) is 24.3 Å². The van der Waals surface area contributed by atoms with Gasteiger partial charge in [0, 0.05) is 31.9 Å². The molecular weight excluding hydrogens is 268 g/mol. The molecule has 116 valence electrons. The standard InChI is InChI=1S/C17H30N2.ClH/c1-16(2,3)13-17(4,5)18-12-14-8-10-15(11-9-14)19(6)7;/h8-11,18H,12-13H2,1-7H3;1H. The molecule has 0 atom stereocenters. The Hall–Kier alpha value is -0.730. The van der Waals surface area contributed by atoms with Gasteiger partial charge in [0.2, 0.25) is 0 Å². The van der Waals surface area contributed by atoms with E-state index in [1.807, 2.05) is 0 Å². The van der Waals surface area contributed by atoms with Crippen molar-refractivity contribution < 1.29 is 0 Å². The zero-order chi connectivity index (χ0) is 14.7. The Morgan fingerprint density at radius 3 is 1.85 bits per heavy atom. The zero-order valence-corrected chi connectivity index (χ0v) is 14.9. The van der Waals surface area contributed by atoms with Crippen molar-refractivity contribution in [2.75, 3.05) is 19.0 Å². The molecule has 1 aromatic carbocycles. The van der Waals surface area contributed by atoms with Crippen molar-refractivity contribution in [1.82, 2.24) is 5.32 Å². The Morgan fingerprint density at radius 2 is 1.45 bits per heavy atom. The molecule has 0 fully saturated rings. The number of halogens is 1. The van der Waals surface area contributed by atoms with Crippen molar-refractivity contribution in [1.29, 1.82) is 0 Å². The van der Waals surface area contributed by atoms with E-state index in [1.165, 1.54) is 11.3 Å². The number of hydrogen-bond acceptors (Lipinski definition) is 2. The molecule has 0 aliphatic carbocycles. The second-order valence-corrected chi connectivity index (χ2v) is 7.54. The lowest BCUT2D eigenvalue weighted by Gasteiger charge is -2.33. The smallest absolute Gasteiger partial charge is 0.0361 e. The molecule has 0 saturated heterocycles. The SMILES string of the molecule is CN(C)c1ccc(CNC(C)(C)CC(C)(C)C)cc1.Cl. The summed E-state index contributed by atoms with van der Waals surface area (Å²) >= 11 is 0. The number of benzene rings is 1. The Bertz CT molecular complexity index is 388. The summed E-state index contributed by atoms with van der Waals surface area (Å²) in [4.78, 5) is 2.13. The van der Waals surface area contributed by atoms with Crippen molar-refractivity contribution in [3.05, 3.63) is 29.8 Å². The summed E-state index contributed by atoms with van der Waals surface area (Å²) in [5.41, 5.74) is 3.11. The second kappa shape index (κ2) is 7.33. The third-order valence-corrected chi connectivity index (χ3v) is 3.20. The van der Waals surface area contributed by atoms with Gasteiger partial charge < -0.3 is 10.2 Å². The van der Waals surface area contributed by atoms with Crippen LogP contribution in [-0.4, -0.2) is 19.6 Å². The summed E-state index contributed by atoms with van der Waals surface area (Å²) in [6.07, 6.45) is 1.16. The predicted molar refractivity (Wildman–Crippen MR) is 93.0 cm³/mol. The fourth-order valence-corrected chi connectivity index (χ4v) is 2.64. The maximum Gasteiger partial charge on any atom is 0.0361 e. The molecule has 1 rings (SSSR count). The average Bonchev–Trinajstić information content (AvgIpc) is 2.24. The van der Waals surface area contributed by atoms with Crippen molar-refractivity contribution in [2.45, 2.75) is 53.1 Å². The molecule has 0 aliphatic heterocycles. The zero-order valence-electron chi connectivity index (χ0n) is 14.1. The van der Waals surface area contributed by atoms with E-state index in [1.54, 1.807) is 0 Å². The van der Waals surface area contributed by atoms with E-state index < -0.39 is 0 Å². The van der Waals surface area contributed by atoms with Crippen LogP contribution < -0.4 is 10.2 Å². The first-order chi connectivity index (χ1) is 8.59. The Labute approximate surface area is 131 Å². The molecule has 0 amide bonds. The third kappa shape index (κ3) is 7.16. The molecule has 3 heteroatoms. The van der Waals surface area contributed by atoms with Crippen LogP contribution in [0.25, 0.3) is 0 Å². The largest absolute Gasteiger partial charge is 0.378 e. The van der Waals surface area contributed by atoms with Crippen molar-refractivity contribution in [3.63, 3.8) is 0 Å². The van der Waals surface area contributed by atoms with E-state index in [0.717, 1.165) is 13.0 Å². The molecule has 0 radical (unpaired) electrons. The van der Waals surface area contributed by atoms with Gasteiger partial charge in [-0.2, -0.15) is 0 Å². The molecular formula is C17H31ClN2. The van der Waals surface area contributed by atoms with E-state index >= 15 is 0 Å². The fraction of sp³-hybridized carbons (Fsp3) is 0.647. The normalized spacial score (nSPS) is 11.9. The predicted octanol–water partition coefficient (Wildman–Crippen LogP) is 4.48. The quantitative estimate of drug-likeness (QED) is 0.862. The topological polar surface area (TPSA) is 15.3 Å². The summed E-state index contributed by atoms with van der Waals surface area (Å²) in [5.74, 6) is 0. The first kappa shape index (κ1) is 19.3. The highest BCUT2D eigenvalue weighted by Crippen LogP contribution is 2.27. The van der Waals surface area contributed by atoms with Crippen LogP contribution in [0.2, 0.25) is 0 Å². The molecule has 1 N–H and O–H groups in total. The molecule has 0 spiro atoms. The van der Waals surface area contributed by atoms with Gasteiger partial charge in [-0.15, -0.1) is 12.4 Å². The molecule has 0 unspecified atom stereocenters. The highest BCUT2D eigenvalue weighted by Gasteiger charge is 2.24. The molecule has 0 saturated carbocycles. The highest BCUT2D eigenvalue weighted by atomic mass is 35.5. The molecule has 0 aliphatic rings. The Balaban J connectivity index is 0.00000361. The molecule has 0 heterocycles. The maximum atomic E-state index is 3.67. The number of anilines is 1. The van der Waals surface area contributed by atoms with Crippen LogP contribution in [0.1, 0.15) is 46.6 Å². The number of nitrogens with one attached hydrogen (secondary N) is 1. The minimum Gasteiger partial charge on any atom is -0.378 e. The van der Waals surface area contributed by atoms with Crippen molar-refractivity contribution in [3.8, 4) is 0 Å². The highest BCUT2D eigenvalue weighted by molar-refractivity contribution is 5.85. The maximum absolute atomic E-state index is 3.67. The van der Waals surface area contributed by atoms with E-state index in [9.17, 15) is 0 Å². The molecule has 2 nitrogen and oxygen atoms in total. The van der Waals surface area contributed by atoms with Crippen LogP contribution >= 0.6 is 12.4 Å². The van der Waals surface area contributed by atoms with Gasteiger partial charge in [0.25, 0.3) is 0 Å². The lowest BCUT2D eigenvalue weighted by Crippen LogP contribution is -2.41. The van der Waals surface area contributed by atoms with Crippen molar-refractivity contribution >= 4 is 18.1 Å². The minimum atomic E-state index is 0.